The van der Waals surface area contributed by atoms with Crippen molar-refractivity contribution in [2.24, 2.45) is 0 Å². The van der Waals surface area contributed by atoms with Gasteiger partial charge in [0.05, 0.1) is 0 Å². The minimum absolute atomic E-state index is 0.800. The van der Waals surface area contributed by atoms with Crippen LogP contribution in [0, 0.1) is 11.8 Å². The highest BCUT2D eigenvalue weighted by Gasteiger charge is 2.03. The Morgan fingerprint density at radius 1 is 1.35 bits per heavy atom. The maximum Gasteiger partial charge on any atom is 0.0388 e. The molecule has 20 heavy (non-hydrogen) atoms. The molecule has 0 heterocycles. The fourth-order valence-corrected chi connectivity index (χ4v) is 2.17. The number of nitrogens with zero attached hydrogens (tertiary/aromatic N) is 1. The van der Waals surface area contributed by atoms with Crippen molar-refractivity contribution in [2.45, 2.75) is 45.4 Å². The first-order valence-corrected chi connectivity index (χ1v) is 7.53. The van der Waals surface area contributed by atoms with Crippen molar-refractivity contribution in [3.63, 3.8) is 0 Å². The van der Waals surface area contributed by atoms with Gasteiger partial charge in [-0.2, -0.15) is 0 Å². The van der Waals surface area contributed by atoms with E-state index in [-0.39, 0.29) is 0 Å². The highest BCUT2D eigenvalue weighted by Crippen LogP contribution is 2.14. The predicted octanol–water partition coefficient (Wildman–Crippen LogP) is 4.85. The second-order valence-corrected chi connectivity index (χ2v) is 5.20. The maximum atomic E-state index is 4.12. The zero-order valence-corrected chi connectivity index (χ0v) is 13.0. The third kappa shape index (κ3) is 7.04. The van der Waals surface area contributed by atoms with Crippen molar-refractivity contribution < 1.29 is 0 Å². The molecule has 0 fully saturated rings. The van der Waals surface area contributed by atoms with E-state index in [0.717, 1.165) is 25.1 Å². The molecule has 0 aromatic heterocycles. The van der Waals surface area contributed by atoms with Crippen LogP contribution in [0.1, 0.15) is 45.4 Å². The van der Waals surface area contributed by atoms with Crippen LogP contribution in [0.25, 0.3) is 0 Å². The smallest absolute Gasteiger partial charge is 0.0388 e. The molecule has 1 rings (SSSR count). The highest BCUT2D eigenvalue weighted by molar-refractivity contribution is 5.19. The summed E-state index contributed by atoms with van der Waals surface area (Å²) in [6.07, 6.45) is 18.1. The van der Waals surface area contributed by atoms with E-state index in [1.807, 2.05) is 6.92 Å². The average Bonchev–Trinajstić information content (AvgIpc) is 2.57. The summed E-state index contributed by atoms with van der Waals surface area (Å²) in [6, 6.07) is 0. The van der Waals surface area contributed by atoms with Gasteiger partial charge in [0.25, 0.3) is 0 Å². The molecule has 0 spiro atoms. The van der Waals surface area contributed by atoms with Gasteiger partial charge in [-0.3, -0.25) is 0 Å². The lowest BCUT2D eigenvalue weighted by Crippen LogP contribution is -2.18. The second-order valence-electron chi connectivity index (χ2n) is 5.20. The van der Waals surface area contributed by atoms with Gasteiger partial charge in [0.15, 0.2) is 0 Å². The van der Waals surface area contributed by atoms with Crippen LogP contribution in [0.2, 0.25) is 0 Å². The number of rotatable bonds is 5. The molecule has 0 aromatic rings. The molecule has 108 valence electrons. The van der Waals surface area contributed by atoms with Crippen LogP contribution in [0.5, 0.6) is 0 Å². The van der Waals surface area contributed by atoms with Gasteiger partial charge in [-0.15, -0.1) is 5.92 Å². The SMILES string of the molecule is C=C(/C=C\CC#CC)N(C)C/C1=C/CCCC/C=C\C1. The molecule has 0 N–H and O–H groups in total. The van der Waals surface area contributed by atoms with Gasteiger partial charge >= 0.3 is 0 Å². The van der Waals surface area contributed by atoms with Crippen LogP contribution in [0.3, 0.4) is 0 Å². The minimum Gasteiger partial charge on any atom is -0.371 e. The Labute approximate surface area is 124 Å². The summed E-state index contributed by atoms with van der Waals surface area (Å²) in [6.45, 7) is 6.96. The van der Waals surface area contributed by atoms with Gasteiger partial charge in [0.2, 0.25) is 0 Å². The van der Waals surface area contributed by atoms with Crippen LogP contribution in [-0.4, -0.2) is 18.5 Å². The van der Waals surface area contributed by atoms with Crippen molar-refractivity contribution >= 4 is 0 Å². The fourth-order valence-electron chi connectivity index (χ4n) is 2.17. The van der Waals surface area contributed by atoms with Gasteiger partial charge in [0, 0.05) is 25.7 Å². The Morgan fingerprint density at radius 2 is 2.15 bits per heavy atom. The van der Waals surface area contributed by atoms with E-state index in [4.69, 9.17) is 0 Å². The van der Waals surface area contributed by atoms with Crippen molar-refractivity contribution in [3.8, 4) is 11.8 Å². The van der Waals surface area contributed by atoms with E-state index in [2.05, 4.69) is 60.7 Å². The van der Waals surface area contributed by atoms with Crippen molar-refractivity contribution in [2.75, 3.05) is 13.6 Å². The summed E-state index contributed by atoms with van der Waals surface area (Å²) in [5.74, 6) is 5.92. The van der Waals surface area contributed by atoms with Crippen LogP contribution < -0.4 is 0 Å². The molecule has 1 aliphatic rings. The Kier molecular flexibility index (Phi) is 8.31. The van der Waals surface area contributed by atoms with E-state index in [1.165, 1.54) is 31.3 Å². The number of hydrogen-bond acceptors (Lipinski definition) is 1. The topological polar surface area (TPSA) is 3.24 Å². The summed E-state index contributed by atoms with van der Waals surface area (Å²) < 4.78 is 0. The maximum absolute atomic E-state index is 4.12. The van der Waals surface area contributed by atoms with Gasteiger partial charge < -0.3 is 4.90 Å². The molecule has 0 saturated carbocycles. The van der Waals surface area contributed by atoms with Crippen LogP contribution in [-0.2, 0) is 0 Å². The quantitative estimate of drug-likeness (QED) is 0.392. The van der Waals surface area contributed by atoms with E-state index in [1.54, 1.807) is 0 Å². The number of likely N-dealkylation sites (N-methyl/N-ethyl adjacent to an activating group) is 1. The first-order chi connectivity index (χ1) is 9.74. The molecule has 1 aliphatic carbocycles. The summed E-state index contributed by atoms with van der Waals surface area (Å²) in [5, 5.41) is 0. The van der Waals surface area contributed by atoms with E-state index >= 15 is 0 Å². The Morgan fingerprint density at radius 3 is 2.95 bits per heavy atom. The van der Waals surface area contributed by atoms with Crippen LogP contribution in [0.4, 0.5) is 0 Å². The lowest BCUT2D eigenvalue weighted by atomic mass is 10.1. The van der Waals surface area contributed by atoms with E-state index in [9.17, 15) is 0 Å². The van der Waals surface area contributed by atoms with Crippen LogP contribution in [0.15, 0.2) is 48.2 Å². The number of allylic oxidation sites excluding steroid dienone is 5. The first-order valence-electron chi connectivity index (χ1n) is 7.53. The molecule has 0 unspecified atom stereocenters. The first kappa shape index (κ1) is 16.4. The van der Waals surface area contributed by atoms with Crippen molar-refractivity contribution in [1.29, 1.82) is 0 Å². The van der Waals surface area contributed by atoms with Gasteiger partial charge in [-0.05, 0) is 45.1 Å². The predicted molar refractivity (Wildman–Crippen MR) is 89.3 cm³/mol. The molecule has 0 aliphatic heterocycles. The highest BCUT2D eigenvalue weighted by atomic mass is 15.1. The van der Waals surface area contributed by atoms with Gasteiger partial charge in [-0.1, -0.05) is 42.4 Å². The van der Waals surface area contributed by atoms with E-state index in [0.29, 0.717) is 0 Å². The van der Waals surface area contributed by atoms with Crippen molar-refractivity contribution in [3.05, 3.63) is 48.2 Å². The second kappa shape index (κ2) is 10.1. The Bertz CT molecular complexity index is 440. The Hall–Kier alpha value is -1.68. The zero-order valence-electron chi connectivity index (χ0n) is 13.0. The molecule has 0 bridgehead atoms. The largest absolute Gasteiger partial charge is 0.371 e. The third-order valence-corrected chi connectivity index (χ3v) is 3.44. The molecule has 1 heteroatoms. The fraction of sp³-hybridized carbons (Fsp3) is 0.474. The lowest BCUT2D eigenvalue weighted by Gasteiger charge is -2.21. The monoisotopic (exact) mass is 269 g/mol. The normalized spacial score (nSPS) is 19.8. The lowest BCUT2D eigenvalue weighted by molar-refractivity contribution is 0.465. The summed E-state index contributed by atoms with van der Waals surface area (Å²) in [4.78, 5) is 2.22. The zero-order chi connectivity index (χ0) is 14.6. The Balaban J connectivity index is 2.49. The summed E-state index contributed by atoms with van der Waals surface area (Å²) in [7, 11) is 2.11. The molecule has 1 nitrogen and oxygen atoms in total. The molecule has 0 aromatic carbocycles. The van der Waals surface area contributed by atoms with Crippen LogP contribution >= 0.6 is 0 Å². The molecule has 0 saturated heterocycles. The number of hydrogen-bond donors (Lipinski definition) is 0. The van der Waals surface area contributed by atoms with E-state index < -0.39 is 0 Å². The molecule has 0 radical (unpaired) electrons. The summed E-state index contributed by atoms with van der Waals surface area (Å²) in [5.41, 5.74) is 2.54. The minimum atomic E-state index is 0.800. The molecular formula is C19H27N. The van der Waals surface area contributed by atoms with Gasteiger partial charge in [-0.25, -0.2) is 0 Å². The summed E-state index contributed by atoms with van der Waals surface area (Å²) >= 11 is 0. The third-order valence-electron chi connectivity index (χ3n) is 3.44. The molecule has 0 atom stereocenters. The van der Waals surface area contributed by atoms with Crippen molar-refractivity contribution in [1.82, 2.24) is 4.90 Å². The standard InChI is InChI=1S/C19H27N/c1-4-5-6-11-14-18(2)20(3)17-19-15-12-9-7-8-10-13-16-19/h9,11-12,14,16H,2,6-8,10,13,15,17H2,1,3H3/b12-9-,14-11-,19-16+. The molecule has 0 amide bonds. The molecular weight excluding hydrogens is 242 g/mol. The average molecular weight is 269 g/mol. The van der Waals surface area contributed by atoms with Gasteiger partial charge in [0.1, 0.15) is 0 Å².